The van der Waals surface area contributed by atoms with Gasteiger partial charge in [-0.15, -0.1) is 0 Å². The lowest BCUT2D eigenvalue weighted by molar-refractivity contribution is 0.230. The highest BCUT2D eigenvalue weighted by Gasteiger charge is 2.19. The number of aromatic nitrogens is 1. The van der Waals surface area contributed by atoms with Crippen molar-refractivity contribution >= 4 is 15.7 Å². The summed E-state index contributed by atoms with van der Waals surface area (Å²) in [5, 5.41) is 0. The van der Waals surface area contributed by atoms with Crippen molar-refractivity contribution in [3.8, 4) is 11.8 Å². The van der Waals surface area contributed by atoms with E-state index >= 15 is 0 Å². The van der Waals surface area contributed by atoms with Crippen LogP contribution >= 0.6 is 0 Å². The van der Waals surface area contributed by atoms with Crippen LogP contribution in [-0.2, 0) is 10.0 Å². The van der Waals surface area contributed by atoms with Crippen LogP contribution in [0.15, 0.2) is 41.3 Å². The summed E-state index contributed by atoms with van der Waals surface area (Å²) >= 11 is 0. The molecule has 164 valence electrons. The zero-order valence-corrected chi connectivity index (χ0v) is 18.1. The minimum Gasteiger partial charge on any atom is -0.479 e. The maximum atomic E-state index is 12.8. The lowest BCUT2D eigenvalue weighted by Gasteiger charge is -2.16. The number of halogens is 1. The number of nitrogens with zero attached hydrogens (tertiary/aromatic N) is 2. The van der Waals surface area contributed by atoms with Crippen molar-refractivity contribution in [1.82, 2.24) is 9.88 Å². The lowest BCUT2D eigenvalue weighted by Crippen LogP contribution is -2.25. The van der Waals surface area contributed by atoms with Crippen LogP contribution in [0.5, 0.6) is 11.8 Å². The van der Waals surface area contributed by atoms with Crippen LogP contribution < -0.4 is 14.2 Å². The van der Waals surface area contributed by atoms with E-state index in [1.54, 1.807) is 31.2 Å². The first-order valence-corrected chi connectivity index (χ1v) is 11.5. The topological polar surface area (TPSA) is 80.8 Å². The van der Waals surface area contributed by atoms with E-state index in [4.69, 9.17) is 9.47 Å². The van der Waals surface area contributed by atoms with E-state index in [0.29, 0.717) is 12.5 Å². The highest BCUT2D eigenvalue weighted by Crippen LogP contribution is 2.28. The number of rotatable bonds is 10. The molecular weight excluding hydrogens is 409 g/mol. The Morgan fingerprint density at radius 1 is 1.17 bits per heavy atom. The highest BCUT2D eigenvalue weighted by molar-refractivity contribution is 7.92. The third-order valence-corrected chi connectivity index (χ3v) is 6.50. The van der Waals surface area contributed by atoms with Crippen molar-refractivity contribution in [3.05, 3.63) is 42.0 Å². The van der Waals surface area contributed by atoms with Crippen LogP contribution in [0.1, 0.15) is 31.2 Å². The Morgan fingerprint density at radius 3 is 2.50 bits per heavy atom. The predicted molar refractivity (Wildman–Crippen MR) is 114 cm³/mol. The molecule has 1 N–H and O–H groups in total. The van der Waals surface area contributed by atoms with Crippen LogP contribution in [0.25, 0.3) is 0 Å². The second kappa shape index (κ2) is 10.1. The molecular formula is C21H28FN3O4S. The molecule has 0 radical (unpaired) electrons. The van der Waals surface area contributed by atoms with Crippen molar-refractivity contribution in [1.29, 1.82) is 0 Å². The third kappa shape index (κ3) is 5.60. The summed E-state index contributed by atoms with van der Waals surface area (Å²) < 4.78 is 51.7. The van der Waals surface area contributed by atoms with E-state index in [-0.39, 0.29) is 22.4 Å². The van der Waals surface area contributed by atoms with Gasteiger partial charge in [-0.25, -0.2) is 8.42 Å². The first-order chi connectivity index (χ1) is 14.4. The van der Waals surface area contributed by atoms with Gasteiger partial charge in [-0.2, -0.15) is 4.98 Å². The number of sulfonamides is 1. The number of benzene rings is 1. The Kier molecular flexibility index (Phi) is 7.49. The van der Waals surface area contributed by atoms with E-state index in [1.165, 1.54) is 32.1 Å². The van der Waals surface area contributed by atoms with E-state index in [9.17, 15) is 12.8 Å². The molecule has 2 aromatic rings. The van der Waals surface area contributed by atoms with Crippen molar-refractivity contribution in [2.75, 3.05) is 44.7 Å². The fourth-order valence-electron chi connectivity index (χ4n) is 3.29. The van der Waals surface area contributed by atoms with Crippen LogP contribution in [0.4, 0.5) is 10.1 Å². The molecule has 1 atom stereocenters. The summed E-state index contributed by atoms with van der Waals surface area (Å²) in [5.74, 6) is 0.218. The minimum atomic E-state index is -3.85. The van der Waals surface area contributed by atoms with E-state index in [0.717, 1.165) is 25.2 Å². The second-order valence-corrected chi connectivity index (χ2v) is 9.02. The Bertz CT molecular complexity index is 932. The smallest absolute Gasteiger partial charge is 0.262 e. The number of likely N-dealkylation sites (tertiary alicyclic amines) is 1. The first kappa shape index (κ1) is 22.3. The molecule has 30 heavy (non-hydrogen) atoms. The number of hydrogen-bond donors (Lipinski definition) is 1. The molecule has 1 aromatic carbocycles. The molecule has 0 bridgehead atoms. The predicted octanol–water partition coefficient (Wildman–Crippen LogP) is 3.44. The second-order valence-electron chi connectivity index (χ2n) is 7.33. The Balaban J connectivity index is 1.67. The fraction of sp³-hybridized carbons (Fsp3) is 0.476. The Hall–Kier alpha value is -2.39. The Morgan fingerprint density at radius 2 is 1.87 bits per heavy atom. The van der Waals surface area contributed by atoms with Gasteiger partial charge in [0.2, 0.25) is 11.8 Å². The van der Waals surface area contributed by atoms with Crippen molar-refractivity contribution in [2.45, 2.75) is 30.6 Å². The number of hydrogen-bond acceptors (Lipinski definition) is 6. The van der Waals surface area contributed by atoms with Gasteiger partial charge in [0.25, 0.3) is 10.0 Å². The van der Waals surface area contributed by atoms with Gasteiger partial charge in [-0.1, -0.05) is 19.1 Å². The first-order valence-electron chi connectivity index (χ1n) is 10.0. The molecule has 0 amide bonds. The SMILES string of the molecule is COc1nc(OCCN2CCCC2)ccc1NS(=O)(=O)c1ccc([C@@H](C)CF)cc1. The lowest BCUT2D eigenvalue weighted by atomic mass is 10.0. The summed E-state index contributed by atoms with van der Waals surface area (Å²) in [6, 6.07) is 9.32. The molecule has 1 fully saturated rings. The molecule has 2 heterocycles. The number of nitrogens with one attached hydrogen (secondary N) is 1. The fourth-order valence-corrected chi connectivity index (χ4v) is 4.35. The van der Waals surface area contributed by atoms with Crippen LogP contribution in [0.2, 0.25) is 0 Å². The van der Waals surface area contributed by atoms with Crippen molar-refractivity contribution < 1.29 is 22.3 Å². The maximum absolute atomic E-state index is 12.8. The van der Waals surface area contributed by atoms with Gasteiger partial charge in [0, 0.05) is 18.5 Å². The Labute approximate surface area is 177 Å². The normalized spacial score (nSPS) is 15.7. The quantitative estimate of drug-likeness (QED) is 0.613. The van der Waals surface area contributed by atoms with Crippen molar-refractivity contribution in [2.24, 2.45) is 0 Å². The van der Waals surface area contributed by atoms with Crippen LogP contribution in [0.3, 0.4) is 0 Å². The summed E-state index contributed by atoms with van der Waals surface area (Å²) in [6.45, 7) is 4.76. The molecule has 1 aromatic heterocycles. The summed E-state index contributed by atoms with van der Waals surface area (Å²) in [7, 11) is -2.43. The average Bonchev–Trinajstić information content (AvgIpc) is 3.27. The zero-order valence-electron chi connectivity index (χ0n) is 17.3. The largest absolute Gasteiger partial charge is 0.479 e. The van der Waals surface area contributed by atoms with E-state index in [2.05, 4.69) is 14.6 Å². The zero-order chi connectivity index (χ0) is 21.6. The average molecular weight is 438 g/mol. The molecule has 0 saturated carbocycles. The van der Waals surface area contributed by atoms with Gasteiger partial charge >= 0.3 is 0 Å². The van der Waals surface area contributed by atoms with Crippen LogP contribution in [0, 0.1) is 0 Å². The number of alkyl halides is 1. The number of pyridine rings is 1. The van der Waals surface area contributed by atoms with Crippen molar-refractivity contribution in [3.63, 3.8) is 0 Å². The monoisotopic (exact) mass is 437 g/mol. The maximum Gasteiger partial charge on any atom is 0.262 e. The minimum absolute atomic E-state index is 0.0744. The third-order valence-electron chi connectivity index (χ3n) is 5.12. The molecule has 1 saturated heterocycles. The van der Waals surface area contributed by atoms with Crippen LogP contribution in [-0.4, -0.2) is 58.3 Å². The summed E-state index contributed by atoms with van der Waals surface area (Å²) in [5.41, 5.74) is 0.955. The molecule has 3 rings (SSSR count). The highest BCUT2D eigenvalue weighted by atomic mass is 32.2. The molecule has 0 aliphatic carbocycles. The van der Waals surface area contributed by atoms with Gasteiger partial charge in [0.1, 0.15) is 12.3 Å². The van der Waals surface area contributed by atoms with Gasteiger partial charge in [-0.05, 0) is 49.7 Å². The molecule has 9 heteroatoms. The summed E-state index contributed by atoms with van der Waals surface area (Å²) in [4.78, 5) is 6.66. The molecule has 1 aliphatic rings. The van der Waals surface area contributed by atoms with Gasteiger partial charge in [-0.3, -0.25) is 14.0 Å². The van der Waals surface area contributed by atoms with E-state index in [1.807, 2.05) is 0 Å². The molecule has 0 unspecified atom stereocenters. The van der Waals surface area contributed by atoms with E-state index < -0.39 is 16.7 Å². The number of methoxy groups -OCH3 is 1. The number of anilines is 1. The van der Waals surface area contributed by atoms with Gasteiger partial charge in [0.05, 0.1) is 18.7 Å². The van der Waals surface area contributed by atoms with Gasteiger partial charge < -0.3 is 9.47 Å². The molecule has 7 nitrogen and oxygen atoms in total. The molecule has 0 spiro atoms. The number of ether oxygens (including phenoxy) is 2. The molecule has 1 aliphatic heterocycles. The van der Waals surface area contributed by atoms with Gasteiger partial charge in [0.15, 0.2) is 0 Å². The summed E-state index contributed by atoms with van der Waals surface area (Å²) in [6.07, 6.45) is 2.44. The standard InChI is InChI=1S/C21H28FN3O4S/c1-16(15-22)17-5-7-18(8-6-17)30(26,27)24-19-9-10-20(23-21(19)28-2)29-14-13-25-11-3-4-12-25/h5-10,16,24H,3-4,11-15H2,1-2H3/t16-/m0/s1.